The molecule has 0 bridgehead atoms. The van der Waals surface area contributed by atoms with Crippen molar-refractivity contribution in [3.8, 4) is 0 Å². The Bertz CT molecular complexity index is 909. The number of halogens is 1. The second-order valence-electron chi connectivity index (χ2n) is 6.90. The highest BCUT2D eigenvalue weighted by Crippen LogP contribution is 2.34. The first-order valence-electron chi connectivity index (χ1n) is 9.26. The van der Waals surface area contributed by atoms with Crippen LogP contribution in [0.4, 0.5) is 0 Å². The van der Waals surface area contributed by atoms with Crippen molar-refractivity contribution in [2.24, 2.45) is 0 Å². The summed E-state index contributed by atoms with van der Waals surface area (Å²) >= 11 is 6.23. The molecular weight excluding hydrogens is 382 g/mol. The fraction of sp³-hybridized carbons (Fsp3) is 0.381. The van der Waals surface area contributed by atoms with Crippen LogP contribution in [0.15, 0.2) is 48.5 Å². The summed E-state index contributed by atoms with van der Waals surface area (Å²) in [7, 11) is -3.38. The lowest BCUT2D eigenvalue weighted by Gasteiger charge is -2.20. The first-order chi connectivity index (χ1) is 12.9. The van der Waals surface area contributed by atoms with Crippen molar-refractivity contribution in [3.63, 3.8) is 0 Å². The van der Waals surface area contributed by atoms with Crippen LogP contribution in [0, 0.1) is 0 Å². The Balaban J connectivity index is 1.78. The quantitative estimate of drug-likeness (QED) is 0.762. The molecule has 144 valence electrons. The zero-order valence-electron chi connectivity index (χ0n) is 15.4. The van der Waals surface area contributed by atoms with Gasteiger partial charge in [0.15, 0.2) is 9.84 Å². The average molecular weight is 406 g/mol. The fourth-order valence-electron chi connectivity index (χ4n) is 3.52. The lowest BCUT2D eigenvalue weighted by molar-refractivity contribution is 0.0766. The van der Waals surface area contributed by atoms with Crippen LogP contribution in [-0.4, -0.2) is 38.1 Å². The lowest BCUT2D eigenvalue weighted by atomic mass is 10.1. The van der Waals surface area contributed by atoms with Gasteiger partial charge in [-0.1, -0.05) is 55.3 Å². The smallest absolute Gasteiger partial charge is 0.253 e. The van der Waals surface area contributed by atoms with Crippen LogP contribution in [0.25, 0.3) is 0 Å². The molecule has 0 aromatic heterocycles. The minimum absolute atomic E-state index is 0.0530. The van der Waals surface area contributed by atoms with Crippen LogP contribution < -0.4 is 0 Å². The third kappa shape index (κ3) is 4.53. The standard InChI is InChI=1S/C21H24ClNO3S/c1-2-5-16-8-10-17(11-9-16)21(24)23-13-12-20(27(25,26)15-14-23)18-6-3-4-7-19(18)22/h3-4,6-11,20H,2,5,12-15H2,1H3. The number of sulfone groups is 1. The molecule has 1 atom stereocenters. The van der Waals surface area contributed by atoms with Crippen molar-refractivity contribution in [1.29, 1.82) is 0 Å². The van der Waals surface area contributed by atoms with Gasteiger partial charge in [0, 0.05) is 23.7 Å². The molecule has 1 fully saturated rings. The van der Waals surface area contributed by atoms with Crippen LogP contribution in [0.2, 0.25) is 5.02 Å². The van der Waals surface area contributed by atoms with E-state index in [-0.39, 0.29) is 18.2 Å². The summed E-state index contributed by atoms with van der Waals surface area (Å²) in [5, 5.41) is -0.215. The van der Waals surface area contributed by atoms with Crippen molar-refractivity contribution in [2.45, 2.75) is 31.4 Å². The molecule has 0 radical (unpaired) electrons. The van der Waals surface area contributed by atoms with E-state index in [1.165, 1.54) is 5.56 Å². The minimum Gasteiger partial charge on any atom is -0.338 e. The average Bonchev–Trinajstić information content (AvgIpc) is 2.81. The number of carbonyl (C=O) groups excluding carboxylic acids is 1. The van der Waals surface area contributed by atoms with Gasteiger partial charge >= 0.3 is 0 Å². The van der Waals surface area contributed by atoms with E-state index in [1.54, 1.807) is 29.2 Å². The molecule has 3 rings (SSSR count). The Morgan fingerprint density at radius 2 is 1.81 bits per heavy atom. The number of hydrogen-bond donors (Lipinski definition) is 0. The predicted octanol–water partition coefficient (Wildman–Crippen LogP) is 4.29. The van der Waals surface area contributed by atoms with Crippen LogP contribution in [0.3, 0.4) is 0 Å². The Morgan fingerprint density at radius 3 is 2.48 bits per heavy atom. The second kappa shape index (κ2) is 8.44. The number of benzene rings is 2. The highest BCUT2D eigenvalue weighted by atomic mass is 35.5. The van der Waals surface area contributed by atoms with E-state index < -0.39 is 15.1 Å². The van der Waals surface area contributed by atoms with Gasteiger partial charge in [0.05, 0.1) is 11.0 Å². The maximum Gasteiger partial charge on any atom is 0.253 e. The Labute approximate surface area is 166 Å². The molecule has 1 aliphatic heterocycles. The molecule has 1 amide bonds. The molecule has 0 spiro atoms. The van der Waals surface area contributed by atoms with E-state index in [1.807, 2.05) is 24.3 Å². The molecule has 0 N–H and O–H groups in total. The molecule has 4 nitrogen and oxygen atoms in total. The lowest BCUT2D eigenvalue weighted by Crippen LogP contribution is -2.33. The van der Waals surface area contributed by atoms with Gasteiger partial charge in [-0.2, -0.15) is 0 Å². The third-order valence-electron chi connectivity index (χ3n) is 5.02. The molecule has 0 saturated carbocycles. The molecule has 1 heterocycles. The number of carbonyl (C=O) groups is 1. The van der Waals surface area contributed by atoms with E-state index in [0.29, 0.717) is 29.1 Å². The van der Waals surface area contributed by atoms with Gasteiger partial charge in [-0.05, 0) is 42.2 Å². The molecule has 1 saturated heterocycles. The number of aryl methyl sites for hydroxylation is 1. The van der Waals surface area contributed by atoms with Gasteiger partial charge in [0.2, 0.25) is 0 Å². The summed E-state index contributed by atoms with van der Waals surface area (Å²) in [6, 6.07) is 14.6. The zero-order chi connectivity index (χ0) is 19.4. The van der Waals surface area contributed by atoms with Crippen molar-refractivity contribution in [1.82, 2.24) is 4.90 Å². The molecule has 6 heteroatoms. The van der Waals surface area contributed by atoms with E-state index >= 15 is 0 Å². The van der Waals surface area contributed by atoms with Crippen molar-refractivity contribution < 1.29 is 13.2 Å². The van der Waals surface area contributed by atoms with E-state index in [9.17, 15) is 13.2 Å². The summed E-state index contributed by atoms with van der Waals surface area (Å²) < 4.78 is 25.6. The van der Waals surface area contributed by atoms with Crippen LogP contribution in [-0.2, 0) is 16.3 Å². The summed E-state index contributed by atoms with van der Waals surface area (Å²) in [4.78, 5) is 14.5. The summed E-state index contributed by atoms with van der Waals surface area (Å²) in [5.41, 5.74) is 2.42. The highest BCUT2D eigenvalue weighted by Gasteiger charge is 2.33. The number of rotatable bonds is 4. The van der Waals surface area contributed by atoms with Gasteiger partial charge in [-0.15, -0.1) is 0 Å². The maximum atomic E-state index is 12.8. The number of nitrogens with zero attached hydrogens (tertiary/aromatic N) is 1. The highest BCUT2D eigenvalue weighted by molar-refractivity contribution is 7.91. The Hall–Kier alpha value is -1.85. The number of amides is 1. The largest absolute Gasteiger partial charge is 0.338 e. The summed E-state index contributed by atoms with van der Waals surface area (Å²) in [6.07, 6.45) is 2.39. The van der Waals surface area contributed by atoms with E-state index in [2.05, 4.69) is 6.92 Å². The molecule has 2 aromatic carbocycles. The zero-order valence-corrected chi connectivity index (χ0v) is 17.0. The molecule has 0 aliphatic carbocycles. The molecule has 27 heavy (non-hydrogen) atoms. The normalized spacial score (nSPS) is 19.5. The van der Waals surface area contributed by atoms with Gasteiger partial charge < -0.3 is 4.90 Å². The van der Waals surface area contributed by atoms with Crippen molar-refractivity contribution >= 4 is 27.3 Å². The molecular formula is C21H24ClNO3S. The predicted molar refractivity (Wildman–Crippen MR) is 109 cm³/mol. The second-order valence-corrected chi connectivity index (χ2v) is 9.62. The molecule has 1 unspecified atom stereocenters. The topological polar surface area (TPSA) is 54.5 Å². The van der Waals surface area contributed by atoms with E-state index in [0.717, 1.165) is 12.8 Å². The van der Waals surface area contributed by atoms with E-state index in [4.69, 9.17) is 11.6 Å². The summed E-state index contributed by atoms with van der Waals surface area (Å²) in [5.74, 6) is -0.171. The van der Waals surface area contributed by atoms with Crippen molar-refractivity contribution in [3.05, 3.63) is 70.2 Å². The van der Waals surface area contributed by atoms with Gasteiger partial charge in [0.25, 0.3) is 5.91 Å². The SMILES string of the molecule is CCCc1ccc(C(=O)N2CCC(c3ccccc3Cl)S(=O)(=O)CC2)cc1. The van der Waals surface area contributed by atoms with Gasteiger partial charge in [0.1, 0.15) is 0 Å². The first-order valence-corrected chi connectivity index (χ1v) is 11.4. The monoisotopic (exact) mass is 405 g/mol. The minimum atomic E-state index is -3.38. The summed E-state index contributed by atoms with van der Waals surface area (Å²) in [6.45, 7) is 2.72. The van der Waals surface area contributed by atoms with Crippen molar-refractivity contribution in [2.75, 3.05) is 18.8 Å². The van der Waals surface area contributed by atoms with Gasteiger partial charge in [-0.25, -0.2) is 8.42 Å². The number of hydrogen-bond acceptors (Lipinski definition) is 3. The van der Waals surface area contributed by atoms with Crippen LogP contribution in [0.1, 0.15) is 46.5 Å². The maximum absolute atomic E-state index is 12.8. The van der Waals surface area contributed by atoms with Crippen LogP contribution in [0.5, 0.6) is 0 Å². The van der Waals surface area contributed by atoms with Gasteiger partial charge in [-0.3, -0.25) is 4.79 Å². The molecule has 2 aromatic rings. The molecule has 1 aliphatic rings. The first kappa shape index (κ1) is 19.9. The fourth-order valence-corrected chi connectivity index (χ4v) is 5.67. The third-order valence-corrected chi connectivity index (χ3v) is 7.47. The van der Waals surface area contributed by atoms with Crippen LogP contribution >= 0.6 is 11.6 Å². The Morgan fingerprint density at radius 1 is 1.11 bits per heavy atom. The Kier molecular flexibility index (Phi) is 6.22.